The number of aliphatic hydroxyl groups is 1. The summed E-state index contributed by atoms with van der Waals surface area (Å²) >= 11 is 0. The van der Waals surface area contributed by atoms with E-state index in [4.69, 9.17) is 4.74 Å². The topological polar surface area (TPSA) is 53.0 Å². The Morgan fingerprint density at radius 3 is 2.86 bits per heavy atom. The molecule has 0 saturated carbocycles. The molecule has 0 unspecified atom stereocenters. The summed E-state index contributed by atoms with van der Waals surface area (Å²) in [5, 5.41) is 9.33. The monoisotopic (exact) mass is 290 g/mol. The summed E-state index contributed by atoms with van der Waals surface area (Å²) in [6, 6.07) is 7.28. The van der Waals surface area contributed by atoms with Crippen LogP contribution in [0.15, 0.2) is 24.3 Å². The zero-order chi connectivity index (χ0) is 15.0. The lowest BCUT2D eigenvalue weighted by atomic mass is 9.84. The zero-order valence-corrected chi connectivity index (χ0v) is 12.6. The van der Waals surface area contributed by atoms with Crippen LogP contribution in [-0.4, -0.2) is 66.8 Å². The summed E-state index contributed by atoms with van der Waals surface area (Å²) in [5.74, 6) is 1.10. The van der Waals surface area contributed by atoms with E-state index in [-0.39, 0.29) is 18.1 Å². The number of rotatable bonds is 3. The highest BCUT2D eigenvalue weighted by molar-refractivity contribution is 5.95. The van der Waals surface area contributed by atoms with Crippen LogP contribution < -0.4 is 4.74 Å². The zero-order valence-electron chi connectivity index (χ0n) is 12.6. The van der Waals surface area contributed by atoms with Gasteiger partial charge in [0.1, 0.15) is 5.75 Å². The van der Waals surface area contributed by atoms with Crippen molar-refractivity contribution in [1.29, 1.82) is 0 Å². The highest BCUT2D eigenvalue weighted by Crippen LogP contribution is 2.39. The molecule has 1 amide bonds. The lowest BCUT2D eigenvalue weighted by Gasteiger charge is -2.52. The van der Waals surface area contributed by atoms with Gasteiger partial charge in [-0.3, -0.25) is 9.69 Å². The van der Waals surface area contributed by atoms with Gasteiger partial charge in [0.15, 0.2) is 0 Å². The largest absolute Gasteiger partial charge is 0.497 e. The maximum atomic E-state index is 12.5. The molecule has 0 aliphatic carbocycles. The number of methoxy groups -OCH3 is 1. The second-order valence-corrected chi connectivity index (χ2v) is 6.25. The Hall–Kier alpha value is -1.59. The van der Waals surface area contributed by atoms with Crippen molar-refractivity contribution in [3.63, 3.8) is 0 Å². The van der Waals surface area contributed by atoms with Gasteiger partial charge in [-0.1, -0.05) is 6.07 Å². The number of nitrogens with zero attached hydrogens (tertiary/aromatic N) is 2. The van der Waals surface area contributed by atoms with Crippen molar-refractivity contribution in [3.05, 3.63) is 29.8 Å². The molecule has 0 aromatic heterocycles. The van der Waals surface area contributed by atoms with Gasteiger partial charge in [-0.05, 0) is 37.6 Å². The first-order chi connectivity index (χ1) is 10.1. The first kappa shape index (κ1) is 14.4. The van der Waals surface area contributed by atoms with E-state index < -0.39 is 0 Å². The van der Waals surface area contributed by atoms with Crippen molar-refractivity contribution >= 4 is 5.91 Å². The first-order valence-electron chi connectivity index (χ1n) is 7.33. The number of likely N-dealkylation sites (tertiary alicyclic amines) is 2. The van der Waals surface area contributed by atoms with Crippen LogP contribution in [0.25, 0.3) is 0 Å². The van der Waals surface area contributed by atoms with Gasteiger partial charge in [-0.2, -0.15) is 0 Å². The molecule has 1 aromatic carbocycles. The summed E-state index contributed by atoms with van der Waals surface area (Å²) in [7, 11) is 3.69. The van der Waals surface area contributed by atoms with Gasteiger partial charge < -0.3 is 14.7 Å². The SMILES string of the molecule is COc1cccc(C(=O)N2CC3(C[C@@H](CO)CN3C)C2)c1. The van der Waals surface area contributed by atoms with Gasteiger partial charge in [0.2, 0.25) is 0 Å². The summed E-state index contributed by atoms with van der Waals surface area (Å²) in [4.78, 5) is 16.7. The van der Waals surface area contributed by atoms with E-state index in [1.807, 2.05) is 23.1 Å². The lowest BCUT2D eigenvalue weighted by molar-refractivity contribution is -0.00775. The van der Waals surface area contributed by atoms with Gasteiger partial charge in [0.05, 0.1) is 12.6 Å². The van der Waals surface area contributed by atoms with Crippen LogP contribution in [0.5, 0.6) is 5.75 Å². The number of carbonyl (C=O) groups is 1. The van der Waals surface area contributed by atoms with E-state index in [9.17, 15) is 9.90 Å². The quantitative estimate of drug-likeness (QED) is 0.896. The Morgan fingerprint density at radius 2 is 2.24 bits per heavy atom. The third kappa shape index (κ3) is 2.40. The lowest BCUT2D eigenvalue weighted by Crippen LogP contribution is -2.68. The minimum atomic E-state index is 0.0559. The molecular formula is C16H22N2O3. The molecule has 3 rings (SSSR count). The third-order valence-electron chi connectivity index (χ3n) is 4.84. The fourth-order valence-corrected chi connectivity index (χ4v) is 3.58. The first-order valence-corrected chi connectivity index (χ1v) is 7.33. The standard InChI is InChI=1S/C16H22N2O3/c1-17-8-12(9-19)7-16(17)10-18(11-16)15(20)13-4-3-5-14(6-13)21-2/h3-6,12,19H,7-11H2,1-2H3/t12-/m1/s1. The van der Waals surface area contributed by atoms with E-state index in [1.165, 1.54) is 0 Å². The Labute approximate surface area is 125 Å². The summed E-state index contributed by atoms with van der Waals surface area (Å²) in [6.45, 7) is 2.64. The Kier molecular flexibility index (Phi) is 3.63. The number of hydrogen-bond acceptors (Lipinski definition) is 4. The molecule has 114 valence electrons. The Morgan fingerprint density at radius 1 is 1.48 bits per heavy atom. The van der Waals surface area contributed by atoms with Crippen molar-refractivity contribution in [2.45, 2.75) is 12.0 Å². The van der Waals surface area contributed by atoms with Gasteiger partial charge >= 0.3 is 0 Å². The summed E-state index contributed by atoms with van der Waals surface area (Å²) in [6.07, 6.45) is 0.974. The summed E-state index contributed by atoms with van der Waals surface area (Å²) < 4.78 is 5.17. The molecular weight excluding hydrogens is 268 g/mol. The highest BCUT2D eigenvalue weighted by Gasteiger charge is 2.52. The molecule has 1 N–H and O–H groups in total. The minimum Gasteiger partial charge on any atom is -0.497 e. The fraction of sp³-hybridized carbons (Fsp3) is 0.562. The molecule has 5 heteroatoms. The molecule has 2 aliphatic rings. The normalized spacial score (nSPS) is 24.1. The predicted molar refractivity (Wildman–Crippen MR) is 79.5 cm³/mol. The van der Waals surface area contributed by atoms with Gasteiger partial charge in [-0.15, -0.1) is 0 Å². The van der Waals surface area contributed by atoms with Crippen LogP contribution in [-0.2, 0) is 0 Å². The molecule has 2 fully saturated rings. The maximum Gasteiger partial charge on any atom is 0.254 e. The molecule has 1 atom stereocenters. The van der Waals surface area contributed by atoms with Crippen molar-refractivity contribution in [1.82, 2.24) is 9.80 Å². The van der Waals surface area contributed by atoms with E-state index in [2.05, 4.69) is 11.9 Å². The number of aliphatic hydroxyl groups excluding tert-OH is 1. The van der Waals surface area contributed by atoms with Crippen LogP contribution in [0.2, 0.25) is 0 Å². The predicted octanol–water partition coefficient (Wildman–Crippen LogP) is 0.834. The molecule has 0 radical (unpaired) electrons. The van der Waals surface area contributed by atoms with Crippen LogP contribution in [0.4, 0.5) is 0 Å². The number of carbonyl (C=O) groups excluding carboxylic acids is 1. The highest BCUT2D eigenvalue weighted by atomic mass is 16.5. The fourth-order valence-electron chi connectivity index (χ4n) is 3.58. The molecule has 2 saturated heterocycles. The Balaban J connectivity index is 1.67. The average Bonchev–Trinajstić information content (AvgIpc) is 2.82. The van der Waals surface area contributed by atoms with Crippen LogP contribution in [0.1, 0.15) is 16.8 Å². The van der Waals surface area contributed by atoms with Crippen LogP contribution in [0, 0.1) is 5.92 Å². The van der Waals surface area contributed by atoms with Crippen molar-refractivity contribution in [2.75, 3.05) is 40.4 Å². The number of likely N-dealkylation sites (N-methyl/N-ethyl adjacent to an activating group) is 1. The van der Waals surface area contributed by atoms with Gasteiger partial charge in [0, 0.05) is 31.8 Å². The smallest absolute Gasteiger partial charge is 0.254 e. The molecule has 2 heterocycles. The van der Waals surface area contributed by atoms with E-state index in [0.29, 0.717) is 17.2 Å². The summed E-state index contributed by atoms with van der Waals surface area (Å²) in [5.41, 5.74) is 0.741. The van der Waals surface area contributed by atoms with Crippen LogP contribution in [0.3, 0.4) is 0 Å². The van der Waals surface area contributed by atoms with Crippen molar-refractivity contribution in [2.24, 2.45) is 5.92 Å². The van der Waals surface area contributed by atoms with E-state index in [0.717, 1.165) is 26.1 Å². The number of hydrogen-bond donors (Lipinski definition) is 1. The second kappa shape index (κ2) is 5.31. The average molecular weight is 290 g/mol. The molecule has 2 aliphatic heterocycles. The van der Waals surface area contributed by atoms with Gasteiger partial charge in [0.25, 0.3) is 5.91 Å². The van der Waals surface area contributed by atoms with Crippen molar-refractivity contribution in [3.8, 4) is 5.75 Å². The molecule has 1 spiro atoms. The molecule has 21 heavy (non-hydrogen) atoms. The van der Waals surface area contributed by atoms with Gasteiger partial charge in [-0.25, -0.2) is 0 Å². The number of amides is 1. The molecule has 1 aromatic rings. The number of benzene rings is 1. The van der Waals surface area contributed by atoms with Crippen LogP contribution >= 0.6 is 0 Å². The maximum absolute atomic E-state index is 12.5. The third-order valence-corrected chi connectivity index (χ3v) is 4.84. The minimum absolute atomic E-state index is 0.0559. The van der Waals surface area contributed by atoms with E-state index >= 15 is 0 Å². The second-order valence-electron chi connectivity index (χ2n) is 6.25. The number of ether oxygens (including phenoxy) is 1. The van der Waals surface area contributed by atoms with E-state index in [1.54, 1.807) is 13.2 Å². The molecule has 0 bridgehead atoms. The molecule has 5 nitrogen and oxygen atoms in total. The Bertz CT molecular complexity index is 540. The van der Waals surface area contributed by atoms with Crippen molar-refractivity contribution < 1.29 is 14.6 Å².